The summed E-state index contributed by atoms with van der Waals surface area (Å²) in [4.78, 5) is 14.1. The van der Waals surface area contributed by atoms with Gasteiger partial charge in [0.1, 0.15) is 18.0 Å². The second-order valence-electron chi connectivity index (χ2n) is 3.62. The Morgan fingerprint density at radius 3 is 3.13 bits per heavy atom. The van der Waals surface area contributed by atoms with E-state index in [0.717, 1.165) is 0 Å². The summed E-state index contributed by atoms with van der Waals surface area (Å²) in [5.41, 5.74) is -0.367. The van der Waals surface area contributed by atoms with Crippen molar-refractivity contribution in [2.24, 2.45) is 0 Å². The summed E-state index contributed by atoms with van der Waals surface area (Å²) < 4.78 is 5.23. The third-order valence-electron chi connectivity index (χ3n) is 2.87. The van der Waals surface area contributed by atoms with E-state index in [1.807, 2.05) is 6.92 Å². The monoisotopic (exact) mass is 207 g/mol. The standard InChI is InChI=1S/C11H13NO3/c1-3-11(14)7(2)15-6-8-9(11)4-5-12-10(8)13/h4-5,14H,2-3,6H2,1H3,(H,12,13). The van der Waals surface area contributed by atoms with Gasteiger partial charge in [0.05, 0.1) is 5.56 Å². The molecule has 0 amide bonds. The number of hydrogen-bond donors (Lipinski definition) is 2. The summed E-state index contributed by atoms with van der Waals surface area (Å²) >= 11 is 0. The molecule has 1 aliphatic rings. The van der Waals surface area contributed by atoms with Crippen LogP contribution in [0.15, 0.2) is 29.4 Å². The molecule has 1 unspecified atom stereocenters. The maximum atomic E-state index is 11.5. The Morgan fingerprint density at radius 1 is 1.73 bits per heavy atom. The molecule has 1 aromatic rings. The molecule has 0 spiro atoms. The Bertz CT molecular complexity index is 463. The Kier molecular flexibility index (Phi) is 2.16. The lowest BCUT2D eigenvalue weighted by Gasteiger charge is -2.34. The average Bonchev–Trinajstić information content (AvgIpc) is 2.24. The minimum atomic E-state index is -1.23. The largest absolute Gasteiger partial charge is 0.490 e. The number of ether oxygens (including phenoxy) is 1. The van der Waals surface area contributed by atoms with Crippen molar-refractivity contribution in [1.29, 1.82) is 0 Å². The number of hydrogen-bond acceptors (Lipinski definition) is 3. The Balaban J connectivity index is 2.69. The summed E-state index contributed by atoms with van der Waals surface area (Å²) in [5.74, 6) is 0.308. The van der Waals surface area contributed by atoms with Crippen molar-refractivity contribution in [3.63, 3.8) is 0 Å². The molecule has 1 aliphatic heterocycles. The molecule has 0 saturated heterocycles. The molecule has 2 heterocycles. The van der Waals surface area contributed by atoms with Crippen LogP contribution in [0.1, 0.15) is 24.5 Å². The molecule has 0 aromatic carbocycles. The first-order valence-electron chi connectivity index (χ1n) is 4.85. The van der Waals surface area contributed by atoms with Crippen LogP contribution in [0, 0.1) is 0 Å². The molecule has 15 heavy (non-hydrogen) atoms. The van der Waals surface area contributed by atoms with Gasteiger partial charge in [-0.05, 0) is 12.5 Å². The van der Waals surface area contributed by atoms with Gasteiger partial charge in [0.15, 0.2) is 0 Å². The van der Waals surface area contributed by atoms with Crippen LogP contribution in [0.3, 0.4) is 0 Å². The molecular weight excluding hydrogens is 194 g/mol. The van der Waals surface area contributed by atoms with Gasteiger partial charge in [0.25, 0.3) is 5.56 Å². The topological polar surface area (TPSA) is 62.3 Å². The van der Waals surface area contributed by atoms with E-state index in [2.05, 4.69) is 11.6 Å². The van der Waals surface area contributed by atoms with E-state index in [9.17, 15) is 9.90 Å². The van der Waals surface area contributed by atoms with E-state index in [4.69, 9.17) is 4.74 Å². The maximum absolute atomic E-state index is 11.5. The van der Waals surface area contributed by atoms with Gasteiger partial charge in [-0.1, -0.05) is 13.5 Å². The highest BCUT2D eigenvalue weighted by Gasteiger charge is 2.38. The van der Waals surface area contributed by atoms with E-state index < -0.39 is 5.60 Å². The Morgan fingerprint density at radius 2 is 2.47 bits per heavy atom. The highest BCUT2D eigenvalue weighted by molar-refractivity contribution is 5.36. The van der Waals surface area contributed by atoms with Crippen LogP contribution >= 0.6 is 0 Å². The zero-order valence-corrected chi connectivity index (χ0v) is 8.54. The number of rotatable bonds is 1. The lowest BCUT2D eigenvalue weighted by atomic mass is 9.85. The summed E-state index contributed by atoms with van der Waals surface area (Å²) in [5, 5.41) is 10.3. The maximum Gasteiger partial charge on any atom is 0.254 e. The first-order valence-corrected chi connectivity index (χ1v) is 4.85. The van der Waals surface area contributed by atoms with Gasteiger partial charge in [-0.15, -0.1) is 0 Å². The molecule has 0 saturated carbocycles. The van der Waals surface area contributed by atoms with Gasteiger partial charge in [-0.2, -0.15) is 0 Å². The third kappa shape index (κ3) is 1.29. The third-order valence-corrected chi connectivity index (χ3v) is 2.87. The van der Waals surface area contributed by atoms with Crippen molar-refractivity contribution >= 4 is 0 Å². The van der Waals surface area contributed by atoms with Crippen LogP contribution in [-0.2, 0) is 16.9 Å². The van der Waals surface area contributed by atoms with Crippen molar-refractivity contribution < 1.29 is 9.84 Å². The van der Waals surface area contributed by atoms with Crippen LogP contribution in [0.2, 0.25) is 0 Å². The molecule has 1 aromatic heterocycles. The molecular formula is C11H13NO3. The van der Waals surface area contributed by atoms with Gasteiger partial charge >= 0.3 is 0 Å². The Hall–Kier alpha value is -1.55. The highest BCUT2D eigenvalue weighted by Crippen LogP contribution is 2.37. The van der Waals surface area contributed by atoms with Crippen LogP contribution in [0.25, 0.3) is 0 Å². The molecule has 1 atom stereocenters. The van der Waals surface area contributed by atoms with Crippen LogP contribution in [0.4, 0.5) is 0 Å². The van der Waals surface area contributed by atoms with E-state index in [1.54, 1.807) is 6.07 Å². The highest BCUT2D eigenvalue weighted by atomic mass is 16.5. The SMILES string of the molecule is C=C1OCc2c(cc[nH]c2=O)C1(O)CC. The molecule has 0 fully saturated rings. The summed E-state index contributed by atoms with van der Waals surface area (Å²) in [6.45, 7) is 5.68. The van der Waals surface area contributed by atoms with E-state index >= 15 is 0 Å². The zero-order chi connectivity index (χ0) is 11.1. The van der Waals surface area contributed by atoms with Crippen molar-refractivity contribution in [2.75, 3.05) is 0 Å². The minimum absolute atomic E-state index is 0.173. The summed E-state index contributed by atoms with van der Waals surface area (Å²) in [7, 11) is 0. The van der Waals surface area contributed by atoms with Gasteiger partial charge in [0.2, 0.25) is 0 Å². The smallest absolute Gasteiger partial charge is 0.254 e. The van der Waals surface area contributed by atoms with Gasteiger partial charge in [-0.3, -0.25) is 4.79 Å². The molecule has 0 aliphatic carbocycles. The quantitative estimate of drug-likeness (QED) is 0.722. The molecule has 0 bridgehead atoms. The predicted molar refractivity (Wildman–Crippen MR) is 55.2 cm³/mol. The zero-order valence-electron chi connectivity index (χ0n) is 8.54. The van der Waals surface area contributed by atoms with Crippen molar-refractivity contribution in [3.8, 4) is 0 Å². The molecule has 2 N–H and O–H groups in total. The number of H-pyrrole nitrogens is 1. The summed E-state index contributed by atoms with van der Waals surface area (Å²) in [6.07, 6.45) is 1.96. The van der Waals surface area contributed by atoms with Crippen LogP contribution in [0.5, 0.6) is 0 Å². The first kappa shape index (κ1) is 9.98. The predicted octanol–water partition coefficient (Wildman–Crippen LogP) is 1.02. The van der Waals surface area contributed by atoms with E-state index in [0.29, 0.717) is 23.3 Å². The molecule has 4 heteroatoms. The number of nitrogens with one attached hydrogen (secondary N) is 1. The van der Waals surface area contributed by atoms with E-state index in [-0.39, 0.29) is 12.2 Å². The first-order chi connectivity index (χ1) is 7.09. The fourth-order valence-corrected chi connectivity index (χ4v) is 1.86. The van der Waals surface area contributed by atoms with E-state index in [1.165, 1.54) is 6.20 Å². The normalized spacial score (nSPS) is 24.5. The number of pyridine rings is 1. The number of fused-ring (bicyclic) bond motifs is 1. The molecule has 80 valence electrons. The minimum Gasteiger partial charge on any atom is -0.490 e. The average molecular weight is 207 g/mol. The molecule has 2 rings (SSSR count). The van der Waals surface area contributed by atoms with Gasteiger partial charge < -0.3 is 14.8 Å². The van der Waals surface area contributed by atoms with Crippen LogP contribution < -0.4 is 5.56 Å². The number of aliphatic hydroxyl groups is 1. The lowest BCUT2D eigenvalue weighted by Crippen LogP contribution is -2.36. The fourth-order valence-electron chi connectivity index (χ4n) is 1.86. The van der Waals surface area contributed by atoms with Gasteiger partial charge in [0, 0.05) is 11.8 Å². The Labute approximate surface area is 87.2 Å². The second-order valence-corrected chi connectivity index (χ2v) is 3.62. The van der Waals surface area contributed by atoms with Crippen LogP contribution in [-0.4, -0.2) is 10.1 Å². The summed E-state index contributed by atoms with van der Waals surface area (Å²) in [6, 6.07) is 1.70. The van der Waals surface area contributed by atoms with Crippen molar-refractivity contribution in [3.05, 3.63) is 46.1 Å². The molecule has 4 nitrogen and oxygen atoms in total. The van der Waals surface area contributed by atoms with Crippen molar-refractivity contribution in [1.82, 2.24) is 4.98 Å². The fraction of sp³-hybridized carbons (Fsp3) is 0.364. The second kappa shape index (κ2) is 3.24. The number of aromatic nitrogens is 1. The van der Waals surface area contributed by atoms with Gasteiger partial charge in [-0.25, -0.2) is 0 Å². The number of aromatic amines is 1. The van der Waals surface area contributed by atoms with Crippen molar-refractivity contribution in [2.45, 2.75) is 25.6 Å². The lowest BCUT2D eigenvalue weighted by molar-refractivity contribution is -0.0171. The molecule has 0 radical (unpaired) electrons.